The molecule has 0 saturated heterocycles. The van der Waals surface area contributed by atoms with Gasteiger partial charge in [0.1, 0.15) is 17.7 Å². The predicted octanol–water partition coefficient (Wildman–Crippen LogP) is 3.28. The zero-order valence-corrected chi connectivity index (χ0v) is 11.1. The van der Waals surface area contributed by atoms with Gasteiger partial charge in [-0.1, -0.05) is 30.3 Å². The van der Waals surface area contributed by atoms with Crippen molar-refractivity contribution in [1.29, 1.82) is 0 Å². The highest BCUT2D eigenvalue weighted by Crippen LogP contribution is 2.22. The first-order chi connectivity index (χ1) is 9.66. The standard InChI is InChI=1S/C16H15FN2O/c1-11(20)16-18-14-8-4-5-9-15(14)19(16)10-12-6-2-3-7-13(12)17/h2-9,11,20H,10H2,1H3. The molecule has 3 nitrogen and oxygen atoms in total. The molecule has 0 amide bonds. The van der Waals surface area contributed by atoms with Crippen LogP contribution in [0, 0.1) is 5.82 Å². The summed E-state index contributed by atoms with van der Waals surface area (Å²) in [7, 11) is 0. The molecule has 1 unspecified atom stereocenters. The highest BCUT2D eigenvalue weighted by molar-refractivity contribution is 5.76. The van der Waals surface area contributed by atoms with E-state index in [1.807, 2.05) is 28.8 Å². The summed E-state index contributed by atoms with van der Waals surface area (Å²) in [4.78, 5) is 4.43. The van der Waals surface area contributed by atoms with Crippen LogP contribution in [0.25, 0.3) is 11.0 Å². The predicted molar refractivity (Wildman–Crippen MR) is 75.9 cm³/mol. The number of hydrogen-bond acceptors (Lipinski definition) is 2. The van der Waals surface area contributed by atoms with Gasteiger partial charge in [-0.05, 0) is 25.1 Å². The van der Waals surface area contributed by atoms with Crippen LogP contribution in [0.5, 0.6) is 0 Å². The fourth-order valence-corrected chi connectivity index (χ4v) is 2.38. The van der Waals surface area contributed by atoms with Gasteiger partial charge in [-0.15, -0.1) is 0 Å². The SMILES string of the molecule is CC(O)c1nc2ccccc2n1Cc1ccccc1F. The maximum absolute atomic E-state index is 13.8. The lowest BCUT2D eigenvalue weighted by Crippen LogP contribution is -2.09. The summed E-state index contributed by atoms with van der Waals surface area (Å²) >= 11 is 0. The van der Waals surface area contributed by atoms with Crippen molar-refractivity contribution < 1.29 is 9.50 Å². The number of imidazole rings is 1. The largest absolute Gasteiger partial charge is 0.385 e. The van der Waals surface area contributed by atoms with Gasteiger partial charge in [0.2, 0.25) is 0 Å². The number of nitrogens with zero attached hydrogens (tertiary/aromatic N) is 2. The second-order valence-electron chi connectivity index (χ2n) is 4.81. The van der Waals surface area contributed by atoms with Gasteiger partial charge in [0, 0.05) is 5.56 Å². The van der Waals surface area contributed by atoms with Crippen LogP contribution in [0.4, 0.5) is 4.39 Å². The van der Waals surface area contributed by atoms with E-state index in [2.05, 4.69) is 4.98 Å². The van der Waals surface area contributed by atoms with Crippen molar-refractivity contribution in [2.45, 2.75) is 19.6 Å². The average molecular weight is 270 g/mol. The van der Waals surface area contributed by atoms with E-state index in [9.17, 15) is 9.50 Å². The van der Waals surface area contributed by atoms with E-state index < -0.39 is 6.10 Å². The lowest BCUT2D eigenvalue weighted by molar-refractivity contribution is 0.185. The molecule has 102 valence electrons. The van der Waals surface area contributed by atoms with Crippen molar-refractivity contribution in [3.05, 3.63) is 65.7 Å². The maximum atomic E-state index is 13.8. The molecule has 0 saturated carbocycles. The summed E-state index contributed by atoms with van der Waals surface area (Å²) < 4.78 is 15.7. The number of hydrogen-bond donors (Lipinski definition) is 1. The van der Waals surface area contributed by atoms with Gasteiger partial charge < -0.3 is 9.67 Å². The minimum absolute atomic E-state index is 0.248. The number of aliphatic hydroxyl groups excluding tert-OH is 1. The maximum Gasteiger partial charge on any atom is 0.138 e. The van der Waals surface area contributed by atoms with Gasteiger partial charge in [0.15, 0.2) is 0 Å². The highest BCUT2D eigenvalue weighted by atomic mass is 19.1. The average Bonchev–Trinajstić information content (AvgIpc) is 2.81. The second kappa shape index (κ2) is 5.06. The van der Waals surface area contributed by atoms with E-state index in [1.54, 1.807) is 25.1 Å². The summed E-state index contributed by atoms with van der Waals surface area (Å²) in [5.41, 5.74) is 2.28. The van der Waals surface area contributed by atoms with Crippen molar-refractivity contribution >= 4 is 11.0 Å². The second-order valence-corrected chi connectivity index (χ2v) is 4.81. The molecule has 0 aliphatic carbocycles. The van der Waals surface area contributed by atoms with Gasteiger partial charge in [-0.25, -0.2) is 9.37 Å². The third kappa shape index (κ3) is 2.18. The highest BCUT2D eigenvalue weighted by Gasteiger charge is 2.15. The van der Waals surface area contributed by atoms with Crippen LogP contribution in [0.3, 0.4) is 0 Å². The third-order valence-corrected chi connectivity index (χ3v) is 3.34. The molecule has 1 N–H and O–H groups in total. The number of benzene rings is 2. The fraction of sp³-hybridized carbons (Fsp3) is 0.188. The summed E-state index contributed by atoms with van der Waals surface area (Å²) in [5.74, 6) is 0.302. The minimum Gasteiger partial charge on any atom is -0.385 e. The Morgan fingerprint density at radius 2 is 1.85 bits per heavy atom. The molecule has 1 heterocycles. The Kier molecular flexibility index (Phi) is 3.24. The molecule has 1 atom stereocenters. The van der Waals surface area contributed by atoms with E-state index >= 15 is 0 Å². The Morgan fingerprint density at radius 3 is 2.60 bits per heavy atom. The number of para-hydroxylation sites is 2. The van der Waals surface area contributed by atoms with Gasteiger partial charge in [-0.2, -0.15) is 0 Å². The topological polar surface area (TPSA) is 38.1 Å². The van der Waals surface area contributed by atoms with Gasteiger partial charge >= 0.3 is 0 Å². The van der Waals surface area contributed by atoms with E-state index in [0.29, 0.717) is 17.9 Å². The van der Waals surface area contributed by atoms with E-state index in [-0.39, 0.29) is 5.82 Å². The molecular weight excluding hydrogens is 255 g/mol. The van der Waals surface area contributed by atoms with Crippen molar-refractivity contribution in [1.82, 2.24) is 9.55 Å². The van der Waals surface area contributed by atoms with Crippen molar-refractivity contribution in [3.63, 3.8) is 0 Å². The minimum atomic E-state index is -0.700. The Bertz CT molecular complexity index is 749. The Morgan fingerprint density at radius 1 is 1.15 bits per heavy atom. The Hall–Kier alpha value is -2.20. The first-order valence-corrected chi connectivity index (χ1v) is 6.53. The molecule has 20 heavy (non-hydrogen) atoms. The molecule has 4 heteroatoms. The molecule has 0 fully saturated rings. The molecule has 0 radical (unpaired) electrons. The van der Waals surface area contributed by atoms with Crippen LogP contribution in [-0.4, -0.2) is 14.7 Å². The van der Waals surface area contributed by atoms with Crippen LogP contribution in [0.1, 0.15) is 24.4 Å². The zero-order chi connectivity index (χ0) is 14.1. The van der Waals surface area contributed by atoms with Crippen molar-refractivity contribution in [2.24, 2.45) is 0 Å². The van der Waals surface area contributed by atoms with E-state index in [1.165, 1.54) is 6.07 Å². The van der Waals surface area contributed by atoms with Gasteiger partial charge in [0.25, 0.3) is 0 Å². The Labute approximate surface area is 116 Å². The van der Waals surface area contributed by atoms with Crippen molar-refractivity contribution in [3.8, 4) is 0 Å². The van der Waals surface area contributed by atoms with Crippen LogP contribution in [-0.2, 0) is 6.54 Å². The number of rotatable bonds is 3. The number of aliphatic hydroxyl groups is 1. The molecule has 1 aromatic heterocycles. The van der Waals surface area contributed by atoms with E-state index in [4.69, 9.17) is 0 Å². The lowest BCUT2D eigenvalue weighted by atomic mass is 10.2. The molecule has 3 aromatic rings. The van der Waals surface area contributed by atoms with Gasteiger partial charge in [0.05, 0.1) is 17.6 Å². The summed E-state index contributed by atoms with van der Waals surface area (Å²) in [6.45, 7) is 2.02. The summed E-state index contributed by atoms with van der Waals surface area (Å²) in [6.07, 6.45) is -0.700. The van der Waals surface area contributed by atoms with Crippen LogP contribution in [0.2, 0.25) is 0 Å². The summed E-state index contributed by atoms with van der Waals surface area (Å²) in [5, 5.41) is 9.88. The monoisotopic (exact) mass is 270 g/mol. The molecule has 0 spiro atoms. The first-order valence-electron chi connectivity index (χ1n) is 6.53. The lowest BCUT2D eigenvalue weighted by Gasteiger charge is -2.11. The molecule has 2 aromatic carbocycles. The number of halogens is 1. The van der Waals surface area contributed by atoms with Crippen LogP contribution < -0.4 is 0 Å². The number of aromatic nitrogens is 2. The quantitative estimate of drug-likeness (QED) is 0.793. The smallest absolute Gasteiger partial charge is 0.138 e. The molecular formula is C16H15FN2O. The van der Waals surface area contributed by atoms with Crippen molar-refractivity contribution in [2.75, 3.05) is 0 Å². The molecule has 0 aliphatic rings. The normalized spacial score (nSPS) is 12.8. The fourth-order valence-electron chi connectivity index (χ4n) is 2.38. The first kappa shape index (κ1) is 12.8. The van der Waals surface area contributed by atoms with Crippen LogP contribution >= 0.6 is 0 Å². The Balaban J connectivity index is 2.14. The van der Waals surface area contributed by atoms with Gasteiger partial charge in [-0.3, -0.25) is 0 Å². The molecule has 3 rings (SSSR count). The van der Waals surface area contributed by atoms with E-state index in [0.717, 1.165) is 11.0 Å². The zero-order valence-electron chi connectivity index (χ0n) is 11.1. The van der Waals surface area contributed by atoms with Crippen LogP contribution in [0.15, 0.2) is 48.5 Å². The third-order valence-electron chi connectivity index (χ3n) is 3.34. The molecule has 0 aliphatic heterocycles. The summed E-state index contributed by atoms with van der Waals surface area (Å²) in [6, 6.07) is 14.3. The number of fused-ring (bicyclic) bond motifs is 1. The molecule has 0 bridgehead atoms.